The fourth-order valence-corrected chi connectivity index (χ4v) is 8.94. The summed E-state index contributed by atoms with van der Waals surface area (Å²) in [4.78, 5) is 9.98. The lowest BCUT2D eigenvalue weighted by Crippen LogP contribution is -2.05. The third kappa shape index (κ3) is 5.53. The summed E-state index contributed by atoms with van der Waals surface area (Å²) in [5.41, 5.74) is 7.34. The molecule has 5 heteroatoms. The summed E-state index contributed by atoms with van der Waals surface area (Å²) < 4.78 is 4.75. The zero-order valence-electron chi connectivity index (χ0n) is 26.9. The third-order valence-corrected chi connectivity index (χ3v) is 11.4. The van der Waals surface area contributed by atoms with Crippen LogP contribution >= 0.6 is 22.7 Å². The lowest BCUT2D eigenvalue weighted by atomic mass is 9.99. The minimum atomic E-state index is 0.174. The van der Waals surface area contributed by atoms with Gasteiger partial charge in [0.1, 0.15) is 0 Å². The number of rotatable bonds is 5. The Hall–Kier alpha value is -6.01. The Morgan fingerprint density at radius 2 is 1.18 bits per heavy atom. The highest BCUT2D eigenvalue weighted by Crippen LogP contribution is 2.41. The number of aliphatic imine (C=N–C) groups is 2. The van der Waals surface area contributed by atoms with E-state index in [2.05, 4.69) is 146 Å². The van der Waals surface area contributed by atoms with Crippen molar-refractivity contribution in [1.82, 2.24) is 0 Å². The van der Waals surface area contributed by atoms with E-state index in [1.54, 1.807) is 22.7 Å². The van der Waals surface area contributed by atoms with Crippen LogP contribution in [-0.4, -0.2) is 17.9 Å². The molecule has 0 radical (unpaired) electrons. The summed E-state index contributed by atoms with van der Waals surface area (Å²) in [6.45, 7) is 0. The summed E-state index contributed by atoms with van der Waals surface area (Å²) in [5.74, 6) is 0.688. The number of thiophene rings is 2. The molecular formula is C45H29N3S2. The molecule has 0 amide bonds. The largest absolute Gasteiger partial charge is 0.282 e. The molecule has 2 aromatic heterocycles. The fourth-order valence-electron chi connectivity index (χ4n) is 6.61. The quantitative estimate of drug-likeness (QED) is 0.139. The second-order valence-corrected chi connectivity index (χ2v) is 14.3. The van der Waals surface area contributed by atoms with Crippen molar-refractivity contribution in [2.24, 2.45) is 9.98 Å². The molecule has 1 N–H and O–H groups in total. The maximum atomic E-state index is 9.33. The van der Waals surface area contributed by atoms with E-state index in [1.807, 2.05) is 24.4 Å². The molecular weight excluding hydrogens is 647 g/mol. The molecule has 0 unspecified atom stereocenters. The second kappa shape index (κ2) is 12.8. The smallest absolute Gasteiger partial charge is 0.163 e. The first-order valence-electron chi connectivity index (χ1n) is 16.5. The second-order valence-electron chi connectivity index (χ2n) is 12.2. The molecule has 236 valence electrons. The standard InChI is InChI=1S/C45H29N3S2/c46-44(33-25-26-40-38(27-33)42-34(16-10-20-41(42)49-40)32-13-5-2-6-14-32)48-45(37-18-9-17-36-35-15-7-8-19-39(35)50-43(36)37)47-28-29-21-23-31(24-22-29)30-11-3-1-4-12-30/h1-28,46H. The molecule has 0 aliphatic heterocycles. The van der Waals surface area contributed by atoms with Crippen molar-refractivity contribution in [2.45, 2.75) is 0 Å². The Kier molecular flexibility index (Phi) is 7.69. The molecule has 0 aliphatic rings. The Bertz CT molecular complexity index is 2750. The molecule has 7 aromatic carbocycles. The monoisotopic (exact) mass is 675 g/mol. The number of benzene rings is 7. The van der Waals surface area contributed by atoms with E-state index in [0.717, 1.165) is 32.3 Å². The van der Waals surface area contributed by atoms with Crippen LogP contribution in [0.4, 0.5) is 0 Å². The third-order valence-electron chi connectivity index (χ3n) is 9.07. The minimum Gasteiger partial charge on any atom is -0.282 e. The van der Waals surface area contributed by atoms with E-state index in [0.29, 0.717) is 5.84 Å². The fraction of sp³-hybridized carbons (Fsp3) is 0. The van der Waals surface area contributed by atoms with Crippen LogP contribution in [0.2, 0.25) is 0 Å². The molecule has 0 fully saturated rings. The summed E-state index contributed by atoms with van der Waals surface area (Å²) in [6.07, 6.45) is 1.86. The van der Waals surface area contributed by atoms with Gasteiger partial charge in [-0.05, 0) is 64.2 Å². The summed E-state index contributed by atoms with van der Waals surface area (Å²) in [7, 11) is 0. The topological polar surface area (TPSA) is 48.6 Å². The highest BCUT2D eigenvalue weighted by molar-refractivity contribution is 7.26. The normalized spacial score (nSPS) is 12.1. The summed E-state index contributed by atoms with van der Waals surface area (Å²) in [5, 5.41) is 14.1. The van der Waals surface area contributed by atoms with Gasteiger partial charge in [0.2, 0.25) is 0 Å². The average Bonchev–Trinajstić information content (AvgIpc) is 3.76. The van der Waals surface area contributed by atoms with Crippen LogP contribution in [0, 0.1) is 5.41 Å². The Balaban J connectivity index is 1.16. The van der Waals surface area contributed by atoms with Gasteiger partial charge in [-0.3, -0.25) is 5.41 Å². The Labute approximate surface area is 297 Å². The van der Waals surface area contributed by atoms with Crippen molar-refractivity contribution < 1.29 is 0 Å². The lowest BCUT2D eigenvalue weighted by molar-refractivity contribution is 1.41. The molecule has 0 saturated heterocycles. The van der Waals surface area contributed by atoms with Crippen LogP contribution in [0.25, 0.3) is 62.6 Å². The van der Waals surface area contributed by atoms with E-state index >= 15 is 0 Å². The van der Waals surface area contributed by atoms with E-state index in [4.69, 9.17) is 9.98 Å². The number of nitrogens with zero attached hydrogens (tertiary/aromatic N) is 2. The summed E-state index contributed by atoms with van der Waals surface area (Å²) in [6, 6.07) is 56.8. The number of amidine groups is 2. The molecule has 0 bridgehead atoms. The number of hydrogen-bond donors (Lipinski definition) is 1. The van der Waals surface area contributed by atoms with Gasteiger partial charge in [-0.1, -0.05) is 127 Å². The van der Waals surface area contributed by atoms with E-state index in [-0.39, 0.29) is 5.84 Å². The van der Waals surface area contributed by atoms with Gasteiger partial charge >= 0.3 is 0 Å². The van der Waals surface area contributed by atoms with Gasteiger partial charge in [0.15, 0.2) is 11.7 Å². The van der Waals surface area contributed by atoms with Crippen LogP contribution in [0.15, 0.2) is 174 Å². The average molecular weight is 676 g/mol. The van der Waals surface area contributed by atoms with Gasteiger partial charge in [0.05, 0.1) is 0 Å². The van der Waals surface area contributed by atoms with Crippen LogP contribution in [0.1, 0.15) is 16.7 Å². The Morgan fingerprint density at radius 1 is 0.520 bits per heavy atom. The molecule has 9 rings (SSSR count). The zero-order chi connectivity index (χ0) is 33.4. The van der Waals surface area contributed by atoms with Crippen LogP contribution in [0.5, 0.6) is 0 Å². The van der Waals surface area contributed by atoms with Gasteiger partial charge in [0.25, 0.3) is 0 Å². The number of nitrogens with one attached hydrogen (secondary N) is 1. The molecule has 0 atom stereocenters. The number of hydrogen-bond acceptors (Lipinski definition) is 3. The molecule has 2 heterocycles. The summed E-state index contributed by atoms with van der Waals surface area (Å²) >= 11 is 3.52. The zero-order valence-corrected chi connectivity index (χ0v) is 28.5. The molecule has 50 heavy (non-hydrogen) atoms. The van der Waals surface area contributed by atoms with Gasteiger partial charge in [-0.2, -0.15) is 0 Å². The van der Waals surface area contributed by atoms with Gasteiger partial charge < -0.3 is 0 Å². The Morgan fingerprint density at radius 3 is 2.00 bits per heavy atom. The van der Waals surface area contributed by atoms with Crippen LogP contribution < -0.4 is 0 Å². The van der Waals surface area contributed by atoms with Crippen molar-refractivity contribution in [3.8, 4) is 22.3 Å². The molecule has 3 nitrogen and oxygen atoms in total. The van der Waals surface area contributed by atoms with Gasteiger partial charge in [-0.25, -0.2) is 9.98 Å². The highest BCUT2D eigenvalue weighted by Gasteiger charge is 2.16. The van der Waals surface area contributed by atoms with Crippen molar-refractivity contribution in [1.29, 1.82) is 5.41 Å². The molecule has 0 spiro atoms. The van der Waals surface area contributed by atoms with Crippen LogP contribution in [0.3, 0.4) is 0 Å². The maximum Gasteiger partial charge on any atom is 0.163 e. The van der Waals surface area contributed by atoms with Crippen molar-refractivity contribution in [2.75, 3.05) is 0 Å². The first kappa shape index (κ1) is 30.1. The first-order valence-corrected chi connectivity index (χ1v) is 18.1. The lowest BCUT2D eigenvalue weighted by Gasteiger charge is -2.07. The first-order chi connectivity index (χ1) is 24.7. The SMILES string of the molecule is N=C(N=C(N=Cc1ccc(-c2ccccc2)cc1)c1cccc2c1sc1ccccc12)c1ccc2sc3cccc(-c4ccccc4)c3c2c1. The molecule has 0 saturated carbocycles. The molecule has 9 aromatic rings. The van der Waals surface area contributed by atoms with Crippen molar-refractivity contribution >= 4 is 80.9 Å². The number of fused-ring (bicyclic) bond motifs is 6. The van der Waals surface area contributed by atoms with Gasteiger partial charge in [0, 0.05) is 57.7 Å². The van der Waals surface area contributed by atoms with E-state index in [9.17, 15) is 5.41 Å². The minimum absolute atomic E-state index is 0.174. The van der Waals surface area contributed by atoms with Crippen LogP contribution in [-0.2, 0) is 0 Å². The van der Waals surface area contributed by atoms with Gasteiger partial charge in [-0.15, -0.1) is 22.7 Å². The predicted molar refractivity (Wildman–Crippen MR) is 217 cm³/mol. The van der Waals surface area contributed by atoms with E-state index < -0.39 is 0 Å². The van der Waals surface area contributed by atoms with Crippen molar-refractivity contribution in [3.63, 3.8) is 0 Å². The molecule has 0 aliphatic carbocycles. The van der Waals surface area contributed by atoms with Crippen molar-refractivity contribution in [3.05, 3.63) is 180 Å². The predicted octanol–water partition coefficient (Wildman–Crippen LogP) is 12.6. The highest BCUT2D eigenvalue weighted by atomic mass is 32.1. The van der Waals surface area contributed by atoms with E-state index in [1.165, 1.54) is 46.9 Å². The maximum absolute atomic E-state index is 9.33.